The number of likely N-dealkylation sites (tertiary alicyclic amines) is 1. The molecule has 1 rings (SSSR count). The second-order valence-electron chi connectivity index (χ2n) is 4.32. The van der Waals surface area contributed by atoms with E-state index in [1.165, 1.54) is 13.5 Å². The van der Waals surface area contributed by atoms with Crippen LogP contribution in [0.3, 0.4) is 0 Å². The first kappa shape index (κ1) is 12.5. The van der Waals surface area contributed by atoms with E-state index in [1.54, 1.807) is 0 Å². The quantitative estimate of drug-likeness (QED) is 0.749. The fraction of sp³-hybridized carbons (Fsp3) is 0.909. The number of nitrogens with two attached hydrogens (primary N) is 1. The van der Waals surface area contributed by atoms with Gasteiger partial charge in [-0.25, -0.2) is 0 Å². The van der Waals surface area contributed by atoms with Gasteiger partial charge in [-0.1, -0.05) is 6.92 Å². The highest BCUT2D eigenvalue weighted by atomic mass is 16.5. The van der Waals surface area contributed by atoms with Crippen molar-refractivity contribution < 1.29 is 9.53 Å². The molecule has 88 valence electrons. The first-order valence-electron chi connectivity index (χ1n) is 5.70. The van der Waals surface area contributed by atoms with Crippen molar-refractivity contribution in [3.63, 3.8) is 0 Å². The monoisotopic (exact) mass is 214 g/mol. The van der Waals surface area contributed by atoms with Crippen molar-refractivity contribution in [2.75, 3.05) is 26.7 Å². The number of methoxy groups -OCH3 is 1. The zero-order valence-corrected chi connectivity index (χ0v) is 9.74. The van der Waals surface area contributed by atoms with E-state index in [0.29, 0.717) is 0 Å². The van der Waals surface area contributed by atoms with Gasteiger partial charge in [0.15, 0.2) is 0 Å². The average Bonchev–Trinajstić information content (AvgIpc) is 2.44. The van der Waals surface area contributed by atoms with Crippen molar-refractivity contribution in [1.82, 2.24) is 4.90 Å². The molecule has 1 aliphatic rings. The first-order valence-corrected chi connectivity index (χ1v) is 5.70. The Morgan fingerprint density at radius 1 is 1.53 bits per heavy atom. The van der Waals surface area contributed by atoms with Crippen LogP contribution in [-0.2, 0) is 9.53 Å². The molecule has 0 saturated carbocycles. The molecule has 2 unspecified atom stereocenters. The Hall–Kier alpha value is -0.610. The van der Waals surface area contributed by atoms with E-state index in [0.717, 1.165) is 31.8 Å². The average molecular weight is 214 g/mol. The Labute approximate surface area is 91.8 Å². The minimum Gasteiger partial charge on any atom is -0.370 e. The fourth-order valence-electron chi connectivity index (χ4n) is 1.98. The van der Waals surface area contributed by atoms with E-state index in [1.807, 2.05) is 4.90 Å². The summed E-state index contributed by atoms with van der Waals surface area (Å²) in [5.74, 6) is 0.774. The third-order valence-electron chi connectivity index (χ3n) is 3.10. The van der Waals surface area contributed by atoms with E-state index in [4.69, 9.17) is 10.5 Å². The molecule has 1 heterocycles. The van der Waals surface area contributed by atoms with Crippen molar-refractivity contribution >= 4 is 5.91 Å². The number of amides is 1. The number of carbonyl (C=O) groups is 1. The molecule has 2 N–H and O–H groups in total. The fourth-order valence-corrected chi connectivity index (χ4v) is 1.98. The molecule has 2 atom stereocenters. The van der Waals surface area contributed by atoms with E-state index >= 15 is 0 Å². The Bertz CT molecular complexity index is 205. The van der Waals surface area contributed by atoms with Crippen molar-refractivity contribution in [2.24, 2.45) is 11.7 Å². The van der Waals surface area contributed by atoms with E-state index < -0.39 is 6.10 Å². The number of rotatable bonds is 3. The van der Waals surface area contributed by atoms with Gasteiger partial charge >= 0.3 is 0 Å². The summed E-state index contributed by atoms with van der Waals surface area (Å²) in [6.07, 6.45) is 2.93. The van der Waals surface area contributed by atoms with Gasteiger partial charge in [0.25, 0.3) is 5.91 Å². The molecule has 0 aromatic heterocycles. The second-order valence-corrected chi connectivity index (χ2v) is 4.32. The number of hydrogen-bond donors (Lipinski definition) is 1. The third kappa shape index (κ3) is 3.47. The van der Waals surface area contributed by atoms with Gasteiger partial charge in [-0.2, -0.15) is 0 Å². The van der Waals surface area contributed by atoms with Gasteiger partial charge < -0.3 is 15.4 Å². The molecule has 0 aromatic rings. The van der Waals surface area contributed by atoms with E-state index in [9.17, 15) is 4.79 Å². The molecule has 1 saturated heterocycles. The highest BCUT2D eigenvalue weighted by molar-refractivity contribution is 5.81. The van der Waals surface area contributed by atoms with Crippen LogP contribution in [-0.4, -0.2) is 43.7 Å². The Morgan fingerprint density at radius 2 is 2.27 bits per heavy atom. The highest BCUT2D eigenvalue weighted by Gasteiger charge is 2.24. The lowest BCUT2D eigenvalue weighted by molar-refractivity contribution is -0.141. The van der Waals surface area contributed by atoms with E-state index in [-0.39, 0.29) is 12.5 Å². The van der Waals surface area contributed by atoms with Gasteiger partial charge in [0.1, 0.15) is 6.10 Å². The van der Waals surface area contributed by atoms with Crippen molar-refractivity contribution in [3.05, 3.63) is 0 Å². The predicted octanol–water partition coefficient (Wildman–Crippen LogP) is 0.609. The molecule has 1 amide bonds. The van der Waals surface area contributed by atoms with Crippen LogP contribution < -0.4 is 5.73 Å². The molecular weight excluding hydrogens is 192 g/mol. The number of ether oxygens (including phenoxy) is 1. The van der Waals surface area contributed by atoms with Crippen molar-refractivity contribution in [2.45, 2.75) is 32.3 Å². The summed E-state index contributed by atoms with van der Waals surface area (Å²) in [6.45, 7) is 4.20. The number of nitrogens with zero attached hydrogens (tertiary/aromatic N) is 1. The van der Waals surface area contributed by atoms with Crippen LogP contribution in [0.1, 0.15) is 26.2 Å². The lowest BCUT2D eigenvalue weighted by Crippen LogP contribution is -2.44. The molecule has 0 radical (unpaired) electrons. The smallest absolute Gasteiger partial charge is 0.253 e. The van der Waals surface area contributed by atoms with Crippen LogP contribution in [0.5, 0.6) is 0 Å². The Morgan fingerprint density at radius 3 is 2.87 bits per heavy atom. The van der Waals surface area contributed by atoms with Crippen molar-refractivity contribution in [1.29, 1.82) is 0 Å². The van der Waals surface area contributed by atoms with Crippen LogP contribution in [0.25, 0.3) is 0 Å². The van der Waals surface area contributed by atoms with Gasteiger partial charge in [0.05, 0.1) is 0 Å². The third-order valence-corrected chi connectivity index (χ3v) is 3.10. The van der Waals surface area contributed by atoms with Crippen LogP contribution in [0.15, 0.2) is 0 Å². The highest BCUT2D eigenvalue weighted by Crippen LogP contribution is 2.17. The maximum Gasteiger partial charge on any atom is 0.253 e. The second kappa shape index (κ2) is 6.08. The molecule has 0 spiro atoms. The first-order chi connectivity index (χ1) is 7.19. The molecule has 0 bridgehead atoms. The van der Waals surface area contributed by atoms with Crippen molar-refractivity contribution in [3.8, 4) is 0 Å². The summed E-state index contributed by atoms with van der Waals surface area (Å²) in [5, 5.41) is 0. The molecular formula is C11H22N2O2. The maximum atomic E-state index is 11.9. The molecule has 1 fully saturated rings. The van der Waals surface area contributed by atoms with Crippen LogP contribution in [0.4, 0.5) is 0 Å². The summed E-state index contributed by atoms with van der Waals surface area (Å²) in [7, 11) is 1.54. The Kier molecular flexibility index (Phi) is 5.05. The van der Waals surface area contributed by atoms with Gasteiger partial charge in [-0.15, -0.1) is 0 Å². The summed E-state index contributed by atoms with van der Waals surface area (Å²) in [6, 6.07) is 0. The topological polar surface area (TPSA) is 55.6 Å². The normalized spacial score (nSPS) is 24.7. The SMILES string of the molecule is COC(CN)C(=O)N1CCCC(C)CC1. The minimum atomic E-state index is -0.460. The molecule has 4 nitrogen and oxygen atoms in total. The van der Waals surface area contributed by atoms with Crippen LogP contribution in [0, 0.1) is 5.92 Å². The molecule has 15 heavy (non-hydrogen) atoms. The lowest BCUT2D eigenvalue weighted by Gasteiger charge is -2.24. The van der Waals surface area contributed by atoms with Crippen LogP contribution in [0.2, 0.25) is 0 Å². The summed E-state index contributed by atoms with van der Waals surface area (Å²) in [5.41, 5.74) is 5.48. The molecule has 4 heteroatoms. The van der Waals surface area contributed by atoms with Gasteiger partial charge in [-0.05, 0) is 25.2 Å². The largest absolute Gasteiger partial charge is 0.370 e. The maximum absolute atomic E-state index is 11.9. The summed E-state index contributed by atoms with van der Waals surface area (Å²) < 4.78 is 5.07. The van der Waals surface area contributed by atoms with Gasteiger partial charge in [0, 0.05) is 26.7 Å². The zero-order valence-electron chi connectivity index (χ0n) is 9.74. The summed E-state index contributed by atoms with van der Waals surface area (Å²) >= 11 is 0. The molecule has 0 aliphatic carbocycles. The predicted molar refractivity (Wildman–Crippen MR) is 59.4 cm³/mol. The molecule has 1 aliphatic heterocycles. The van der Waals surface area contributed by atoms with Gasteiger partial charge in [-0.3, -0.25) is 4.79 Å². The summed E-state index contributed by atoms with van der Waals surface area (Å²) in [4.78, 5) is 13.8. The zero-order chi connectivity index (χ0) is 11.3. The number of carbonyl (C=O) groups excluding carboxylic acids is 1. The lowest BCUT2D eigenvalue weighted by atomic mass is 10.0. The Balaban J connectivity index is 2.51. The van der Waals surface area contributed by atoms with Gasteiger partial charge in [0.2, 0.25) is 0 Å². The van der Waals surface area contributed by atoms with Crippen LogP contribution >= 0.6 is 0 Å². The standard InChI is InChI=1S/C11H22N2O2/c1-9-4-3-6-13(7-5-9)11(14)10(8-12)15-2/h9-10H,3-8,12H2,1-2H3. The van der Waals surface area contributed by atoms with E-state index in [2.05, 4.69) is 6.92 Å². The molecule has 0 aromatic carbocycles. The number of hydrogen-bond acceptors (Lipinski definition) is 3. The minimum absolute atomic E-state index is 0.0501.